The molecule has 2 saturated heterocycles. The monoisotopic (exact) mass is 439 g/mol. The lowest BCUT2D eigenvalue weighted by Gasteiger charge is -2.33. The second kappa shape index (κ2) is 9.54. The van der Waals surface area contributed by atoms with E-state index in [-0.39, 0.29) is 24.5 Å². The van der Waals surface area contributed by atoms with E-state index in [1.54, 1.807) is 31.1 Å². The van der Waals surface area contributed by atoms with E-state index in [0.29, 0.717) is 17.2 Å². The zero-order valence-electron chi connectivity index (χ0n) is 17.4. The predicted octanol–water partition coefficient (Wildman–Crippen LogP) is 2.00. The first-order chi connectivity index (χ1) is 15.1. The maximum atomic E-state index is 12.9. The highest BCUT2D eigenvalue weighted by Crippen LogP contribution is 2.27. The van der Waals surface area contributed by atoms with Crippen molar-refractivity contribution in [3.63, 3.8) is 0 Å². The number of methoxy groups -OCH3 is 1. The van der Waals surface area contributed by atoms with Crippen molar-refractivity contribution in [2.45, 2.75) is 25.0 Å². The number of hydrogen-bond acceptors (Lipinski definition) is 7. The van der Waals surface area contributed by atoms with E-state index in [1.807, 2.05) is 18.2 Å². The number of ether oxygens (including phenoxy) is 1. The van der Waals surface area contributed by atoms with Crippen LogP contribution in [0.1, 0.15) is 23.2 Å². The van der Waals surface area contributed by atoms with Crippen LogP contribution < -0.4 is 10.2 Å². The summed E-state index contributed by atoms with van der Waals surface area (Å²) in [6.07, 6.45) is 3.90. The minimum Gasteiger partial charge on any atom is -0.380 e. The van der Waals surface area contributed by atoms with E-state index in [4.69, 9.17) is 10.00 Å². The van der Waals surface area contributed by atoms with Crippen molar-refractivity contribution >= 4 is 40.2 Å². The largest absolute Gasteiger partial charge is 0.380 e. The normalized spacial score (nSPS) is 21.2. The molecule has 3 heterocycles. The molecule has 2 atom stereocenters. The van der Waals surface area contributed by atoms with E-state index in [9.17, 15) is 9.59 Å². The molecule has 2 aromatic rings. The number of carbonyl (C=O) groups excluding carboxylic acids is 2. The van der Waals surface area contributed by atoms with Gasteiger partial charge in [-0.25, -0.2) is 0 Å². The van der Waals surface area contributed by atoms with Gasteiger partial charge in [0.2, 0.25) is 5.91 Å². The van der Waals surface area contributed by atoms with Crippen LogP contribution in [0, 0.1) is 11.3 Å². The summed E-state index contributed by atoms with van der Waals surface area (Å²) in [7, 11) is 1.74. The average molecular weight is 440 g/mol. The third-order valence-electron chi connectivity index (χ3n) is 5.80. The predicted molar refractivity (Wildman–Crippen MR) is 120 cm³/mol. The molecular formula is C22H25N5O3S. The van der Waals surface area contributed by atoms with Crippen LogP contribution in [0.5, 0.6) is 0 Å². The second-order valence-corrected chi connectivity index (χ2v) is 8.70. The number of rotatable bonds is 5. The molecule has 2 unspecified atom stereocenters. The zero-order chi connectivity index (χ0) is 21.8. The Kier molecular flexibility index (Phi) is 6.59. The molecule has 2 aliphatic heterocycles. The molecule has 2 aliphatic rings. The van der Waals surface area contributed by atoms with Gasteiger partial charge in [-0.3, -0.25) is 14.6 Å². The number of carbonyl (C=O) groups is 2. The van der Waals surface area contributed by atoms with Crippen molar-refractivity contribution in [1.29, 1.82) is 5.26 Å². The number of aromatic nitrogens is 1. The van der Waals surface area contributed by atoms with Gasteiger partial charge in [-0.2, -0.15) is 5.26 Å². The summed E-state index contributed by atoms with van der Waals surface area (Å²) in [5.74, 6) is 0.510. The Balaban J connectivity index is 1.51. The molecule has 4 rings (SSSR count). The van der Waals surface area contributed by atoms with Gasteiger partial charge >= 0.3 is 0 Å². The maximum Gasteiger partial charge on any atom is 0.252 e. The van der Waals surface area contributed by atoms with E-state index in [1.165, 1.54) is 4.90 Å². The van der Waals surface area contributed by atoms with Gasteiger partial charge in [0.15, 0.2) is 0 Å². The lowest BCUT2D eigenvalue weighted by molar-refractivity contribution is -0.129. The minimum atomic E-state index is -0.431. The van der Waals surface area contributed by atoms with Gasteiger partial charge in [0, 0.05) is 43.2 Å². The number of nitrogens with zero attached hydrogens (tertiary/aromatic N) is 4. The van der Waals surface area contributed by atoms with Crippen LogP contribution in [0.3, 0.4) is 0 Å². The van der Waals surface area contributed by atoms with Crippen LogP contribution >= 0.6 is 11.8 Å². The van der Waals surface area contributed by atoms with Gasteiger partial charge in [0.1, 0.15) is 6.04 Å². The highest BCUT2D eigenvalue weighted by Gasteiger charge is 2.29. The third-order valence-corrected chi connectivity index (χ3v) is 6.81. The van der Waals surface area contributed by atoms with Crippen LogP contribution in [0.4, 0.5) is 5.69 Å². The number of anilines is 1. The Hall–Kier alpha value is -2.83. The first-order valence-corrected chi connectivity index (χ1v) is 11.5. The first-order valence-electron chi connectivity index (χ1n) is 10.3. The quantitative estimate of drug-likeness (QED) is 0.761. The molecule has 162 valence electrons. The van der Waals surface area contributed by atoms with Gasteiger partial charge < -0.3 is 19.9 Å². The number of fused-ring (bicyclic) bond motifs is 1. The molecule has 9 heteroatoms. The van der Waals surface area contributed by atoms with E-state index in [0.717, 1.165) is 42.5 Å². The molecule has 1 aromatic carbocycles. The molecule has 1 N–H and O–H groups in total. The molecule has 0 aliphatic carbocycles. The number of thioether (sulfide) groups is 1. The Morgan fingerprint density at radius 2 is 2.26 bits per heavy atom. The van der Waals surface area contributed by atoms with Crippen molar-refractivity contribution < 1.29 is 14.3 Å². The molecule has 0 bridgehead atoms. The molecular weight excluding hydrogens is 414 g/mol. The average Bonchev–Trinajstić information content (AvgIpc) is 3.30. The Bertz CT molecular complexity index is 1020. The van der Waals surface area contributed by atoms with E-state index >= 15 is 0 Å². The van der Waals surface area contributed by atoms with Crippen molar-refractivity contribution in [1.82, 2.24) is 15.2 Å². The number of nitriles is 1. The lowest BCUT2D eigenvalue weighted by Crippen LogP contribution is -2.42. The summed E-state index contributed by atoms with van der Waals surface area (Å²) in [5.41, 5.74) is 2.23. The minimum absolute atomic E-state index is 0.136. The maximum absolute atomic E-state index is 12.9. The fourth-order valence-corrected chi connectivity index (χ4v) is 5.15. The Labute approximate surface area is 185 Å². The molecule has 0 radical (unpaired) electrons. The van der Waals surface area contributed by atoms with Crippen molar-refractivity contribution in [2.24, 2.45) is 0 Å². The number of piperidine rings is 1. The van der Waals surface area contributed by atoms with Gasteiger partial charge in [-0.15, -0.1) is 11.8 Å². The van der Waals surface area contributed by atoms with E-state index < -0.39 is 6.04 Å². The molecule has 2 fully saturated rings. The Morgan fingerprint density at radius 3 is 3.06 bits per heavy atom. The van der Waals surface area contributed by atoms with Crippen molar-refractivity contribution in [3.05, 3.63) is 36.0 Å². The SMILES string of the molecule is COC1CCCN(c2ccc3nccc(C(=O)NCC(=O)N4CSCC4C#N)c3c2)C1. The molecule has 1 aromatic heterocycles. The van der Waals surface area contributed by atoms with Crippen LogP contribution in [0.2, 0.25) is 0 Å². The summed E-state index contributed by atoms with van der Waals surface area (Å²) in [5, 5.41) is 12.6. The smallest absolute Gasteiger partial charge is 0.252 e. The summed E-state index contributed by atoms with van der Waals surface area (Å²) >= 11 is 1.54. The summed E-state index contributed by atoms with van der Waals surface area (Å²) in [4.78, 5) is 33.5. The molecule has 0 spiro atoms. The van der Waals surface area contributed by atoms with Crippen molar-refractivity contribution in [3.8, 4) is 6.07 Å². The van der Waals surface area contributed by atoms with Gasteiger partial charge in [0.05, 0.1) is 35.7 Å². The van der Waals surface area contributed by atoms with Gasteiger partial charge in [-0.05, 0) is 37.1 Å². The molecule has 0 saturated carbocycles. The number of pyridine rings is 1. The van der Waals surface area contributed by atoms with Gasteiger partial charge in [0.25, 0.3) is 5.91 Å². The van der Waals surface area contributed by atoms with E-state index in [2.05, 4.69) is 21.3 Å². The van der Waals surface area contributed by atoms with Crippen LogP contribution in [0.15, 0.2) is 30.5 Å². The number of nitrogens with one attached hydrogen (secondary N) is 1. The molecule has 2 amide bonds. The highest BCUT2D eigenvalue weighted by atomic mass is 32.2. The topological polar surface area (TPSA) is 98.6 Å². The van der Waals surface area contributed by atoms with Crippen LogP contribution in [-0.4, -0.2) is 72.2 Å². The number of benzene rings is 1. The summed E-state index contributed by atoms with van der Waals surface area (Å²) in [6.45, 7) is 1.62. The fourth-order valence-electron chi connectivity index (χ4n) is 4.04. The Morgan fingerprint density at radius 1 is 1.39 bits per heavy atom. The van der Waals surface area contributed by atoms with Crippen molar-refractivity contribution in [2.75, 3.05) is 43.3 Å². The number of hydrogen-bond donors (Lipinski definition) is 1. The van der Waals surface area contributed by atoms with Gasteiger partial charge in [-0.1, -0.05) is 0 Å². The molecule has 31 heavy (non-hydrogen) atoms. The van der Waals surface area contributed by atoms with Crippen LogP contribution in [-0.2, 0) is 9.53 Å². The second-order valence-electron chi connectivity index (χ2n) is 7.70. The standard InChI is InChI=1S/C22H25N5O3S/c1-30-17-3-2-8-26(12-17)15-4-5-20-19(9-15)18(6-7-24-20)22(29)25-11-21(28)27-14-31-13-16(27)10-23/h4-7,9,16-17H,2-3,8,11-14H2,1H3,(H,25,29). The number of amides is 2. The summed E-state index contributed by atoms with van der Waals surface area (Å²) < 4.78 is 5.53. The zero-order valence-corrected chi connectivity index (χ0v) is 18.2. The third kappa shape index (κ3) is 4.60. The highest BCUT2D eigenvalue weighted by molar-refractivity contribution is 7.99. The van der Waals surface area contributed by atoms with Crippen LogP contribution in [0.25, 0.3) is 10.9 Å². The molecule has 8 nitrogen and oxygen atoms in total. The first kappa shape index (κ1) is 21.4. The lowest BCUT2D eigenvalue weighted by atomic mass is 10.0. The fraction of sp³-hybridized carbons (Fsp3) is 0.455. The summed E-state index contributed by atoms with van der Waals surface area (Å²) in [6, 6.07) is 9.30.